The largest absolute Gasteiger partial charge is 0.446 e. The number of rotatable bonds is 3. The number of anilines is 1. The number of ether oxygens (including phenoxy) is 1. The Hall–Kier alpha value is -2.35. The van der Waals surface area contributed by atoms with E-state index in [4.69, 9.17) is 4.74 Å². The number of cyclic esters (lactones) is 1. The van der Waals surface area contributed by atoms with Gasteiger partial charge in [-0.05, 0) is 45.9 Å². The molecule has 134 valence electrons. The number of carbonyl (C=O) groups excluding carboxylic acids is 2. The molecule has 2 aromatic rings. The standard InChI is InChI=1S/C17H21N3O4S/c1-5-18-14(21)12-9-24-15(22)19(12)10-6-7-11-13(8-10)25-16(23)20(11)17(2,3)4/h6-8,12H,5,9H2,1-4H3,(H,18,21)/t12-/m0/s1. The number of hydrogen-bond donors (Lipinski definition) is 1. The summed E-state index contributed by atoms with van der Waals surface area (Å²) in [7, 11) is 0. The number of thiazole rings is 1. The lowest BCUT2D eigenvalue weighted by Crippen LogP contribution is -2.45. The van der Waals surface area contributed by atoms with Crippen LogP contribution in [0.2, 0.25) is 0 Å². The average Bonchev–Trinajstić information content (AvgIpc) is 3.05. The van der Waals surface area contributed by atoms with Gasteiger partial charge in [0.2, 0.25) is 5.91 Å². The molecule has 1 saturated heterocycles. The van der Waals surface area contributed by atoms with Crippen LogP contribution in [0.25, 0.3) is 10.2 Å². The topological polar surface area (TPSA) is 80.6 Å². The van der Waals surface area contributed by atoms with Crippen molar-refractivity contribution in [3.8, 4) is 0 Å². The van der Waals surface area contributed by atoms with Gasteiger partial charge in [0.05, 0.1) is 10.2 Å². The molecule has 3 rings (SSSR count). The highest BCUT2D eigenvalue weighted by Gasteiger charge is 2.39. The summed E-state index contributed by atoms with van der Waals surface area (Å²) in [5, 5.41) is 2.71. The van der Waals surface area contributed by atoms with Gasteiger partial charge in [-0.1, -0.05) is 11.3 Å². The Bertz CT molecular complexity index is 893. The van der Waals surface area contributed by atoms with E-state index in [-0.39, 0.29) is 22.9 Å². The van der Waals surface area contributed by atoms with Gasteiger partial charge in [0, 0.05) is 17.8 Å². The number of fused-ring (bicyclic) bond motifs is 1. The van der Waals surface area contributed by atoms with Crippen LogP contribution in [0, 0.1) is 0 Å². The van der Waals surface area contributed by atoms with Crippen LogP contribution in [-0.2, 0) is 15.1 Å². The molecule has 25 heavy (non-hydrogen) atoms. The van der Waals surface area contributed by atoms with Gasteiger partial charge in [0.1, 0.15) is 6.61 Å². The van der Waals surface area contributed by atoms with Crippen molar-refractivity contribution < 1.29 is 14.3 Å². The molecule has 1 N–H and O–H groups in total. The van der Waals surface area contributed by atoms with Crippen molar-refractivity contribution in [2.45, 2.75) is 39.3 Å². The minimum atomic E-state index is -0.702. The molecule has 1 aromatic heterocycles. The summed E-state index contributed by atoms with van der Waals surface area (Å²) in [6.07, 6.45) is -0.557. The van der Waals surface area contributed by atoms with E-state index in [0.29, 0.717) is 12.2 Å². The minimum Gasteiger partial charge on any atom is -0.446 e. The lowest BCUT2D eigenvalue weighted by molar-refractivity contribution is -0.122. The summed E-state index contributed by atoms with van der Waals surface area (Å²) < 4.78 is 7.56. The second-order valence-corrected chi connectivity index (χ2v) is 7.88. The highest BCUT2D eigenvalue weighted by atomic mass is 32.1. The number of carbonyl (C=O) groups is 2. The van der Waals surface area contributed by atoms with Crippen molar-refractivity contribution in [3.63, 3.8) is 0 Å². The molecule has 1 aromatic carbocycles. The van der Waals surface area contributed by atoms with Crippen LogP contribution in [0.15, 0.2) is 23.0 Å². The van der Waals surface area contributed by atoms with E-state index in [1.54, 1.807) is 16.7 Å². The first-order valence-corrected chi connectivity index (χ1v) is 8.95. The molecule has 1 fully saturated rings. The number of benzene rings is 1. The molecule has 0 unspecified atom stereocenters. The maximum absolute atomic E-state index is 12.4. The van der Waals surface area contributed by atoms with E-state index >= 15 is 0 Å². The van der Waals surface area contributed by atoms with Crippen molar-refractivity contribution in [2.75, 3.05) is 18.1 Å². The maximum atomic E-state index is 12.4. The van der Waals surface area contributed by atoms with Crippen molar-refractivity contribution >= 4 is 39.2 Å². The molecule has 7 nitrogen and oxygen atoms in total. The van der Waals surface area contributed by atoms with Gasteiger partial charge in [-0.2, -0.15) is 0 Å². The van der Waals surface area contributed by atoms with Gasteiger partial charge in [-0.25, -0.2) is 4.79 Å². The third-order valence-electron chi connectivity index (χ3n) is 4.04. The molecule has 1 atom stereocenters. The fourth-order valence-electron chi connectivity index (χ4n) is 2.98. The molecule has 2 amide bonds. The number of nitrogens with zero attached hydrogens (tertiary/aromatic N) is 2. The van der Waals surface area contributed by atoms with Crippen LogP contribution in [-0.4, -0.2) is 35.8 Å². The average molecular weight is 363 g/mol. The van der Waals surface area contributed by atoms with Crippen LogP contribution in [0.3, 0.4) is 0 Å². The van der Waals surface area contributed by atoms with Gasteiger partial charge in [0.15, 0.2) is 6.04 Å². The van der Waals surface area contributed by atoms with Gasteiger partial charge in [0.25, 0.3) is 0 Å². The highest BCUT2D eigenvalue weighted by Crippen LogP contribution is 2.30. The van der Waals surface area contributed by atoms with Crippen molar-refractivity contribution in [1.29, 1.82) is 0 Å². The Morgan fingerprint density at radius 1 is 1.36 bits per heavy atom. The molecule has 0 bridgehead atoms. The Balaban J connectivity index is 2.05. The zero-order chi connectivity index (χ0) is 18.4. The fourth-order valence-corrected chi connectivity index (χ4v) is 4.08. The molecule has 0 radical (unpaired) electrons. The second-order valence-electron chi connectivity index (χ2n) is 6.88. The first kappa shape index (κ1) is 17.5. The first-order chi connectivity index (χ1) is 11.7. The Labute approximate surface area is 149 Å². The Morgan fingerprint density at radius 3 is 2.72 bits per heavy atom. The Morgan fingerprint density at radius 2 is 2.08 bits per heavy atom. The highest BCUT2D eigenvalue weighted by molar-refractivity contribution is 7.16. The van der Waals surface area contributed by atoms with Gasteiger partial charge < -0.3 is 10.1 Å². The summed E-state index contributed by atoms with van der Waals surface area (Å²) in [6, 6.07) is 4.62. The summed E-state index contributed by atoms with van der Waals surface area (Å²) in [5.41, 5.74) is 1.02. The summed E-state index contributed by atoms with van der Waals surface area (Å²) >= 11 is 1.13. The number of nitrogens with one attached hydrogen (secondary N) is 1. The second kappa shape index (κ2) is 6.18. The lowest BCUT2D eigenvalue weighted by Gasteiger charge is -2.22. The molecule has 2 heterocycles. The number of hydrogen-bond acceptors (Lipinski definition) is 5. The third-order valence-corrected chi connectivity index (χ3v) is 4.94. The maximum Gasteiger partial charge on any atom is 0.415 e. The van der Waals surface area contributed by atoms with Crippen LogP contribution >= 0.6 is 11.3 Å². The number of amides is 2. The predicted octanol–water partition coefficient (Wildman–Crippen LogP) is 2.28. The molecule has 8 heteroatoms. The van der Waals surface area contributed by atoms with Gasteiger partial charge in [-0.3, -0.25) is 19.1 Å². The molecular weight excluding hydrogens is 342 g/mol. The molecule has 1 aliphatic rings. The monoisotopic (exact) mass is 363 g/mol. The van der Waals surface area contributed by atoms with Crippen molar-refractivity contribution in [2.24, 2.45) is 0 Å². The molecule has 0 aliphatic carbocycles. The van der Waals surface area contributed by atoms with Crippen LogP contribution in [0.5, 0.6) is 0 Å². The van der Waals surface area contributed by atoms with E-state index in [2.05, 4.69) is 5.32 Å². The van der Waals surface area contributed by atoms with Crippen LogP contribution in [0.1, 0.15) is 27.7 Å². The smallest absolute Gasteiger partial charge is 0.415 e. The van der Waals surface area contributed by atoms with Gasteiger partial charge in [-0.15, -0.1) is 0 Å². The van der Waals surface area contributed by atoms with Crippen molar-refractivity contribution in [3.05, 3.63) is 27.9 Å². The summed E-state index contributed by atoms with van der Waals surface area (Å²) in [6.45, 7) is 8.22. The quantitative estimate of drug-likeness (QED) is 0.907. The summed E-state index contributed by atoms with van der Waals surface area (Å²) in [5.74, 6) is -0.256. The number of likely N-dealkylation sites (N-methyl/N-ethyl adjacent to an activating group) is 1. The zero-order valence-electron chi connectivity index (χ0n) is 14.7. The normalized spacial score (nSPS) is 17.8. The molecule has 0 spiro atoms. The van der Waals surface area contributed by atoms with Crippen LogP contribution in [0.4, 0.5) is 10.5 Å². The van der Waals surface area contributed by atoms with E-state index in [9.17, 15) is 14.4 Å². The fraction of sp³-hybridized carbons (Fsp3) is 0.471. The van der Waals surface area contributed by atoms with E-state index in [0.717, 1.165) is 21.6 Å². The number of aromatic nitrogens is 1. The zero-order valence-corrected chi connectivity index (χ0v) is 15.5. The molecule has 0 saturated carbocycles. The van der Waals surface area contributed by atoms with Crippen molar-refractivity contribution in [1.82, 2.24) is 9.88 Å². The first-order valence-electron chi connectivity index (χ1n) is 8.14. The predicted molar refractivity (Wildman–Crippen MR) is 97.4 cm³/mol. The summed E-state index contributed by atoms with van der Waals surface area (Å²) in [4.78, 5) is 38.0. The SMILES string of the molecule is CCNC(=O)[C@@H]1COC(=O)N1c1ccc2c(c1)sc(=O)n2C(C)(C)C. The molecular formula is C17H21N3O4S. The Kier molecular flexibility index (Phi) is 4.32. The van der Waals surface area contributed by atoms with Crippen LogP contribution < -0.4 is 15.1 Å². The minimum absolute atomic E-state index is 0.0158. The van der Waals surface area contributed by atoms with E-state index in [1.807, 2.05) is 33.8 Å². The molecule has 1 aliphatic heterocycles. The van der Waals surface area contributed by atoms with E-state index in [1.165, 1.54) is 4.90 Å². The lowest BCUT2D eigenvalue weighted by atomic mass is 10.1. The van der Waals surface area contributed by atoms with Gasteiger partial charge >= 0.3 is 11.0 Å². The third kappa shape index (κ3) is 3.02. The van der Waals surface area contributed by atoms with E-state index < -0.39 is 12.1 Å².